The third-order valence-electron chi connectivity index (χ3n) is 3.05. The van der Waals surface area contributed by atoms with Crippen LogP contribution in [0.2, 0.25) is 0 Å². The van der Waals surface area contributed by atoms with Gasteiger partial charge in [-0.15, -0.1) is 0 Å². The van der Waals surface area contributed by atoms with Gasteiger partial charge in [-0.1, -0.05) is 18.2 Å². The minimum atomic E-state index is -4.40. The van der Waals surface area contributed by atoms with Gasteiger partial charge in [0.1, 0.15) is 0 Å². The maximum atomic E-state index is 13.0. The summed E-state index contributed by atoms with van der Waals surface area (Å²) in [6, 6.07) is 6.95. The van der Waals surface area contributed by atoms with E-state index in [1.807, 2.05) is 6.92 Å². The predicted octanol–water partition coefficient (Wildman–Crippen LogP) is 3.72. The topological polar surface area (TPSA) is 30.2 Å². The number of rotatable bonds is 1. The molecule has 2 aromatic heterocycles. The van der Waals surface area contributed by atoms with Gasteiger partial charge in [0.15, 0.2) is 5.65 Å². The molecular weight excluding hydrogens is 267 g/mol. The molecule has 0 fully saturated rings. The number of alkyl halides is 3. The Morgan fingerprint density at radius 3 is 2.60 bits per heavy atom. The molecule has 0 radical (unpaired) electrons. The normalized spacial score (nSPS) is 12.0. The van der Waals surface area contributed by atoms with Crippen LogP contribution in [0.5, 0.6) is 0 Å². The molecular formula is C14H10F3N3. The zero-order valence-corrected chi connectivity index (χ0v) is 10.5. The first-order valence-electron chi connectivity index (χ1n) is 5.94. The van der Waals surface area contributed by atoms with Crippen molar-refractivity contribution in [3.8, 4) is 11.3 Å². The average Bonchev–Trinajstić information content (AvgIpc) is 2.79. The number of aromatic nitrogens is 3. The molecule has 1 aromatic carbocycles. The minimum Gasteiger partial charge on any atom is -0.228 e. The average molecular weight is 277 g/mol. The predicted molar refractivity (Wildman–Crippen MR) is 68.2 cm³/mol. The summed E-state index contributed by atoms with van der Waals surface area (Å²) in [5.74, 6) is 0. The molecule has 3 rings (SSSR count). The Morgan fingerprint density at radius 1 is 1.10 bits per heavy atom. The van der Waals surface area contributed by atoms with Crippen molar-refractivity contribution >= 4 is 5.65 Å². The quantitative estimate of drug-likeness (QED) is 0.678. The first-order chi connectivity index (χ1) is 9.47. The van der Waals surface area contributed by atoms with Crippen LogP contribution in [0, 0.1) is 6.92 Å². The Bertz CT molecular complexity index is 775. The summed E-state index contributed by atoms with van der Waals surface area (Å²) in [6.07, 6.45) is -1.17. The number of hydrogen-bond acceptors (Lipinski definition) is 2. The number of aryl methyl sites for hydroxylation is 1. The van der Waals surface area contributed by atoms with Crippen molar-refractivity contribution in [3.63, 3.8) is 0 Å². The fourth-order valence-corrected chi connectivity index (χ4v) is 2.09. The van der Waals surface area contributed by atoms with Crippen LogP contribution >= 0.6 is 0 Å². The lowest BCUT2D eigenvalue weighted by Gasteiger charge is -2.12. The fraction of sp³-hybridized carbons (Fsp3) is 0.143. The molecule has 20 heavy (non-hydrogen) atoms. The molecule has 0 atom stereocenters. The van der Waals surface area contributed by atoms with Gasteiger partial charge in [-0.3, -0.25) is 0 Å². The van der Waals surface area contributed by atoms with E-state index in [1.54, 1.807) is 18.5 Å². The summed E-state index contributed by atoms with van der Waals surface area (Å²) in [5.41, 5.74) is 1.04. The first-order valence-corrected chi connectivity index (χ1v) is 5.94. The summed E-state index contributed by atoms with van der Waals surface area (Å²) >= 11 is 0. The second-order valence-corrected chi connectivity index (χ2v) is 4.45. The molecule has 6 heteroatoms. The molecule has 0 N–H and O–H groups in total. The molecule has 0 spiro atoms. The van der Waals surface area contributed by atoms with Crippen LogP contribution in [0.1, 0.15) is 11.1 Å². The van der Waals surface area contributed by atoms with Gasteiger partial charge in [0.25, 0.3) is 0 Å². The van der Waals surface area contributed by atoms with Gasteiger partial charge < -0.3 is 0 Å². The maximum absolute atomic E-state index is 13.0. The highest BCUT2D eigenvalue weighted by Crippen LogP contribution is 2.36. The fourth-order valence-electron chi connectivity index (χ4n) is 2.09. The molecule has 3 nitrogen and oxygen atoms in total. The highest BCUT2D eigenvalue weighted by atomic mass is 19.4. The van der Waals surface area contributed by atoms with Crippen LogP contribution in [0.15, 0.2) is 42.7 Å². The lowest BCUT2D eigenvalue weighted by atomic mass is 10.0. The van der Waals surface area contributed by atoms with Gasteiger partial charge in [0, 0.05) is 17.3 Å². The highest BCUT2D eigenvalue weighted by Gasteiger charge is 2.33. The van der Waals surface area contributed by atoms with Gasteiger partial charge in [0.05, 0.1) is 17.5 Å². The SMILES string of the molecule is Cc1cnn2ccc(-c3ccccc3C(F)(F)F)nc12. The van der Waals surface area contributed by atoms with Crippen LogP contribution < -0.4 is 0 Å². The Morgan fingerprint density at radius 2 is 1.85 bits per heavy atom. The molecule has 0 bridgehead atoms. The van der Waals surface area contributed by atoms with Crippen LogP contribution in [0.25, 0.3) is 16.9 Å². The van der Waals surface area contributed by atoms with E-state index in [-0.39, 0.29) is 11.3 Å². The molecule has 0 aliphatic rings. The summed E-state index contributed by atoms with van der Waals surface area (Å²) in [5, 5.41) is 4.06. The van der Waals surface area contributed by atoms with Crippen molar-refractivity contribution in [3.05, 3.63) is 53.9 Å². The Hall–Kier alpha value is -2.37. The summed E-state index contributed by atoms with van der Waals surface area (Å²) in [4.78, 5) is 4.28. The van der Waals surface area contributed by atoms with E-state index in [0.717, 1.165) is 11.6 Å². The van der Waals surface area contributed by atoms with E-state index >= 15 is 0 Å². The monoisotopic (exact) mass is 277 g/mol. The van der Waals surface area contributed by atoms with E-state index in [4.69, 9.17) is 0 Å². The van der Waals surface area contributed by atoms with E-state index < -0.39 is 11.7 Å². The van der Waals surface area contributed by atoms with Crippen LogP contribution in [-0.2, 0) is 6.18 Å². The third-order valence-corrected chi connectivity index (χ3v) is 3.05. The van der Waals surface area contributed by atoms with Crippen molar-refractivity contribution in [2.75, 3.05) is 0 Å². The van der Waals surface area contributed by atoms with Crippen molar-refractivity contribution in [2.45, 2.75) is 13.1 Å². The Balaban J connectivity index is 2.23. The second kappa shape index (κ2) is 4.33. The van der Waals surface area contributed by atoms with Crippen molar-refractivity contribution in [1.29, 1.82) is 0 Å². The van der Waals surface area contributed by atoms with Crippen molar-refractivity contribution in [2.24, 2.45) is 0 Å². The summed E-state index contributed by atoms with van der Waals surface area (Å²) < 4.78 is 40.6. The molecule has 0 aliphatic heterocycles. The third kappa shape index (κ3) is 2.03. The van der Waals surface area contributed by atoms with Crippen LogP contribution in [-0.4, -0.2) is 14.6 Å². The van der Waals surface area contributed by atoms with E-state index in [2.05, 4.69) is 10.1 Å². The van der Waals surface area contributed by atoms with Crippen LogP contribution in [0.3, 0.4) is 0 Å². The number of hydrogen-bond donors (Lipinski definition) is 0. The molecule has 3 aromatic rings. The zero-order valence-electron chi connectivity index (χ0n) is 10.5. The zero-order chi connectivity index (χ0) is 14.3. The smallest absolute Gasteiger partial charge is 0.228 e. The van der Waals surface area contributed by atoms with E-state index in [0.29, 0.717) is 5.65 Å². The maximum Gasteiger partial charge on any atom is 0.417 e. The lowest BCUT2D eigenvalue weighted by Crippen LogP contribution is -2.07. The van der Waals surface area contributed by atoms with Crippen molar-refractivity contribution < 1.29 is 13.2 Å². The van der Waals surface area contributed by atoms with Gasteiger partial charge in [-0.25, -0.2) is 9.50 Å². The standard InChI is InChI=1S/C14H10F3N3/c1-9-8-18-20-7-6-12(19-13(9)20)10-4-2-3-5-11(10)14(15,16)17/h2-8H,1H3. The van der Waals surface area contributed by atoms with E-state index in [9.17, 15) is 13.2 Å². The van der Waals surface area contributed by atoms with Gasteiger partial charge >= 0.3 is 6.18 Å². The molecule has 102 valence electrons. The molecule has 0 saturated heterocycles. The number of halogens is 3. The highest BCUT2D eigenvalue weighted by molar-refractivity contribution is 5.66. The Labute approximate surface area is 112 Å². The molecule has 0 amide bonds. The van der Waals surface area contributed by atoms with Crippen LogP contribution in [0.4, 0.5) is 13.2 Å². The minimum absolute atomic E-state index is 0.0723. The van der Waals surface area contributed by atoms with E-state index in [1.165, 1.54) is 22.7 Å². The lowest BCUT2D eigenvalue weighted by molar-refractivity contribution is -0.137. The molecule has 0 saturated carbocycles. The van der Waals surface area contributed by atoms with Gasteiger partial charge in [0.2, 0.25) is 0 Å². The molecule has 2 heterocycles. The van der Waals surface area contributed by atoms with Gasteiger partial charge in [-0.05, 0) is 19.1 Å². The number of benzene rings is 1. The molecule has 0 aliphatic carbocycles. The van der Waals surface area contributed by atoms with Crippen molar-refractivity contribution in [1.82, 2.24) is 14.6 Å². The number of fused-ring (bicyclic) bond motifs is 1. The first kappa shape index (κ1) is 12.7. The number of nitrogens with zero attached hydrogens (tertiary/aromatic N) is 3. The Kier molecular flexibility index (Phi) is 2.74. The largest absolute Gasteiger partial charge is 0.417 e. The summed E-state index contributed by atoms with van der Waals surface area (Å²) in [6.45, 7) is 1.81. The second-order valence-electron chi connectivity index (χ2n) is 4.45. The molecule has 0 unspecified atom stereocenters. The summed E-state index contributed by atoms with van der Waals surface area (Å²) in [7, 11) is 0. The van der Waals surface area contributed by atoms with Gasteiger partial charge in [-0.2, -0.15) is 18.3 Å².